The van der Waals surface area contributed by atoms with Gasteiger partial charge in [-0.05, 0) is 107 Å². The lowest BCUT2D eigenvalue weighted by molar-refractivity contribution is -0.143. The fraction of sp³-hybridized carbons (Fsp3) is 0.632. The predicted molar refractivity (Wildman–Crippen MR) is 179 cm³/mol. The molecule has 0 radical (unpaired) electrons. The van der Waals surface area contributed by atoms with E-state index in [4.69, 9.17) is 9.47 Å². The maximum atomic E-state index is 13.8. The third-order valence-corrected chi connectivity index (χ3v) is 10.2. The van der Waals surface area contributed by atoms with Gasteiger partial charge in [0.05, 0.1) is 17.6 Å². The molecule has 1 unspecified atom stereocenters. The van der Waals surface area contributed by atoms with Crippen LogP contribution >= 0.6 is 0 Å². The largest absolute Gasteiger partial charge is 0.490 e. The van der Waals surface area contributed by atoms with Crippen molar-refractivity contribution < 1.29 is 24.2 Å². The van der Waals surface area contributed by atoms with Crippen molar-refractivity contribution in [3.8, 4) is 5.75 Å². The third-order valence-electron chi connectivity index (χ3n) is 10.2. The molecule has 2 saturated heterocycles. The van der Waals surface area contributed by atoms with Crippen molar-refractivity contribution >= 4 is 17.6 Å². The van der Waals surface area contributed by atoms with Gasteiger partial charge in [-0.1, -0.05) is 45.0 Å². The average Bonchev–Trinajstić information content (AvgIpc) is 3.54. The number of rotatable bonds is 10. The summed E-state index contributed by atoms with van der Waals surface area (Å²) < 4.78 is 12.4. The van der Waals surface area contributed by atoms with Crippen molar-refractivity contribution in [2.24, 2.45) is 11.3 Å². The Morgan fingerprint density at radius 2 is 1.62 bits per heavy atom. The Kier molecular flexibility index (Phi) is 10.2. The quantitative estimate of drug-likeness (QED) is 0.295. The van der Waals surface area contributed by atoms with Crippen LogP contribution in [0.3, 0.4) is 0 Å². The molecule has 2 aliphatic heterocycles. The monoisotopic (exact) mass is 618 g/mol. The SMILES string of the molecule is CC1(C)CC(CCN(Cc2ccc(O[C@H]3CC[C@H](C(=O)O)CC3)cc2)C(=O)C(C)(C)C)(c2ccc(N3CCCC3)cc2)CCO1. The van der Waals surface area contributed by atoms with E-state index in [2.05, 4.69) is 55.1 Å². The second kappa shape index (κ2) is 13.7. The minimum atomic E-state index is -0.700. The van der Waals surface area contributed by atoms with E-state index in [1.54, 1.807) is 0 Å². The number of aliphatic carboxylic acids is 1. The zero-order valence-electron chi connectivity index (χ0n) is 28.1. The highest BCUT2D eigenvalue weighted by atomic mass is 16.5. The van der Waals surface area contributed by atoms with E-state index in [9.17, 15) is 14.7 Å². The van der Waals surface area contributed by atoms with Gasteiger partial charge in [0.25, 0.3) is 0 Å². The summed E-state index contributed by atoms with van der Waals surface area (Å²) in [5.74, 6) is 0.00379. The van der Waals surface area contributed by atoms with Gasteiger partial charge in [-0.2, -0.15) is 0 Å². The number of ether oxygens (including phenoxy) is 2. The van der Waals surface area contributed by atoms with Gasteiger partial charge < -0.3 is 24.4 Å². The Hall–Kier alpha value is -3.06. The number of carbonyl (C=O) groups excluding carboxylic acids is 1. The summed E-state index contributed by atoms with van der Waals surface area (Å²) in [6.07, 6.45) is 8.16. The van der Waals surface area contributed by atoms with E-state index >= 15 is 0 Å². The molecule has 7 heteroatoms. The molecule has 45 heavy (non-hydrogen) atoms. The Bertz CT molecular complexity index is 1280. The molecule has 5 rings (SSSR count). The topological polar surface area (TPSA) is 79.3 Å². The van der Waals surface area contributed by atoms with Gasteiger partial charge in [-0.25, -0.2) is 0 Å². The Balaban J connectivity index is 1.30. The molecule has 3 aliphatic rings. The summed E-state index contributed by atoms with van der Waals surface area (Å²) in [5, 5.41) is 9.28. The maximum absolute atomic E-state index is 13.8. The number of carboxylic acids is 1. The molecule has 7 nitrogen and oxygen atoms in total. The van der Waals surface area contributed by atoms with Gasteiger partial charge in [0.2, 0.25) is 5.91 Å². The molecule has 2 aromatic rings. The van der Waals surface area contributed by atoms with E-state index in [-0.39, 0.29) is 28.9 Å². The Morgan fingerprint density at radius 1 is 0.978 bits per heavy atom. The van der Waals surface area contributed by atoms with Crippen molar-refractivity contribution in [2.45, 2.75) is 116 Å². The molecule has 1 amide bonds. The van der Waals surface area contributed by atoms with E-state index in [1.165, 1.54) is 24.1 Å². The minimum Gasteiger partial charge on any atom is -0.490 e. The average molecular weight is 619 g/mol. The van der Waals surface area contributed by atoms with Crippen molar-refractivity contribution in [1.29, 1.82) is 0 Å². The second-order valence-corrected chi connectivity index (χ2v) is 15.4. The summed E-state index contributed by atoms with van der Waals surface area (Å²) in [5.41, 5.74) is 2.95. The summed E-state index contributed by atoms with van der Waals surface area (Å²) in [6.45, 7) is 14.6. The van der Waals surface area contributed by atoms with Gasteiger partial charge in [-0.15, -0.1) is 0 Å². The van der Waals surface area contributed by atoms with E-state index in [0.29, 0.717) is 32.5 Å². The number of nitrogens with zero attached hydrogens (tertiary/aromatic N) is 2. The van der Waals surface area contributed by atoms with Crippen LogP contribution in [0.4, 0.5) is 5.69 Å². The Labute approximate surface area is 270 Å². The van der Waals surface area contributed by atoms with Crippen LogP contribution in [0.1, 0.15) is 104 Å². The zero-order chi connectivity index (χ0) is 32.2. The first-order valence-corrected chi connectivity index (χ1v) is 17.1. The first-order valence-electron chi connectivity index (χ1n) is 17.1. The predicted octanol–water partition coefficient (Wildman–Crippen LogP) is 7.60. The van der Waals surface area contributed by atoms with Gasteiger partial charge in [0, 0.05) is 49.3 Å². The number of hydrogen-bond acceptors (Lipinski definition) is 5. The van der Waals surface area contributed by atoms with Crippen LogP contribution in [0.5, 0.6) is 5.75 Å². The van der Waals surface area contributed by atoms with Crippen LogP contribution in [0, 0.1) is 11.3 Å². The van der Waals surface area contributed by atoms with Crippen molar-refractivity contribution in [3.63, 3.8) is 0 Å². The van der Waals surface area contributed by atoms with Crippen molar-refractivity contribution in [2.75, 3.05) is 31.1 Å². The normalized spacial score (nSPS) is 25.1. The van der Waals surface area contributed by atoms with Crippen LogP contribution in [-0.4, -0.2) is 59.8 Å². The number of carboxylic acid groups (broad SMARTS) is 1. The number of carbonyl (C=O) groups is 2. The lowest BCUT2D eigenvalue weighted by Gasteiger charge is -2.46. The summed E-state index contributed by atoms with van der Waals surface area (Å²) in [7, 11) is 0. The number of benzene rings is 2. The molecular weight excluding hydrogens is 564 g/mol. The fourth-order valence-corrected chi connectivity index (χ4v) is 7.67. The standard InChI is InChI=1S/C38H54N2O5/c1-36(2,3)35(43)40(26-28-8-16-32(17-9-28)45-33-18-10-29(11-19-33)34(41)42)24-20-38(21-25-44-37(4,5)27-38)30-12-14-31(15-13-30)39-22-6-7-23-39/h8-9,12-17,29,33H,6-7,10-11,18-27H2,1-5H3,(H,41,42)/t29-,33-,38?. The molecule has 1 N–H and O–H groups in total. The molecule has 2 heterocycles. The van der Waals surface area contributed by atoms with Crippen LogP contribution < -0.4 is 9.64 Å². The molecule has 3 fully saturated rings. The van der Waals surface area contributed by atoms with E-state index in [1.807, 2.05) is 37.8 Å². The summed E-state index contributed by atoms with van der Waals surface area (Å²) in [6, 6.07) is 17.4. The second-order valence-electron chi connectivity index (χ2n) is 15.4. The molecule has 1 aliphatic carbocycles. The van der Waals surface area contributed by atoms with Crippen molar-refractivity contribution in [1.82, 2.24) is 4.90 Å². The molecule has 0 bridgehead atoms. The van der Waals surface area contributed by atoms with Crippen LogP contribution in [0.15, 0.2) is 48.5 Å². The molecule has 0 spiro atoms. The highest BCUT2D eigenvalue weighted by molar-refractivity contribution is 5.81. The third kappa shape index (κ3) is 8.41. The maximum Gasteiger partial charge on any atom is 0.306 e. The highest BCUT2D eigenvalue weighted by Crippen LogP contribution is 2.45. The highest BCUT2D eigenvalue weighted by Gasteiger charge is 2.43. The number of anilines is 1. The van der Waals surface area contributed by atoms with Gasteiger partial charge in [0.15, 0.2) is 0 Å². The van der Waals surface area contributed by atoms with Crippen LogP contribution in [0.2, 0.25) is 0 Å². The summed E-state index contributed by atoms with van der Waals surface area (Å²) >= 11 is 0. The molecule has 246 valence electrons. The first kappa shape index (κ1) is 33.3. The fourth-order valence-electron chi connectivity index (χ4n) is 7.67. The molecule has 1 saturated carbocycles. The van der Waals surface area contributed by atoms with Crippen LogP contribution in [-0.2, 0) is 26.3 Å². The first-order chi connectivity index (χ1) is 21.3. The lowest BCUT2D eigenvalue weighted by atomic mass is 9.67. The Morgan fingerprint density at radius 3 is 2.20 bits per heavy atom. The van der Waals surface area contributed by atoms with Gasteiger partial charge in [0.1, 0.15) is 5.75 Å². The molecular formula is C38H54N2O5. The zero-order valence-corrected chi connectivity index (χ0v) is 28.1. The van der Waals surface area contributed by atoms with E-state index in [0.717, 1.165) is 56.5 Å². The lowest BCUT2D eigenvalue weighted by Crippen LogP contribution is -2.47. The van der Waals surface area contributed by atoms with Crippen LogP contribution in [0.25, 0.3) is 0 Å². The summed E-state index contributed by atoms with van der Waals surface area (Å²) in [4.78, 5) is 29.7. The van der Waals surface area contributed by atoms with Crippen molar-refractivity contribution in [3.05, 3.63) is 59.7 Å². The molecule has 1 atom stereocenters. The minimum absolute atomic E-state index is 0.0507. The smallest absolute Gasteiger partial charge is 0.306 e. The van der Waals surface area contributed by atoms with E-state index < -0.39 is 11.4 Å². The molecule has 2 aromatic carbocycles. The number of hydrogen-bond donors (Lipinski definition) is 1. The van der Waals surface area contributed by atoms with Gasteiger partial charge in [-0.3, -0.25) is 9.59 Å². The molecule has 0 aromatic heterocycles. The number of amides is 1. The van der Waals surface area contributed by atoms with Gasteiger partial charge >= 0.3 is 5.97 Å².